The molecular formula is C2H5CuGe+. The van der Waals surface area contributed by atoms with Gasteiger partial charge in [-0.05, 0) is 0 Å². The van der Waals surface area contributed by atoms with Gasteiger partial charge in [0, 0.05) is 0 Å². The molecule has 0 bridgehead atoms. The Morgan fingerprint density at radius 3 is 1.75 bits per heavy atom. The van der Waals surface area contributed by atoms with Gasteiger partial charge in [-0.3, -0.25) is 0 Å². The molecule has 0 aromatic rings. The third kappa shape index (κ3) is 11.5. The molecule has 3 radical (unpaired) electrons. The van der Waals surface area contributed by atoms with Gasteiger partial charge in [0.05, 0.1) is 0 Å². The van der Waals surface area contributed by atoms with E-state index in [1.54, 1.807) is 0 Å². The smallest absolute Gasteiger partial charge is 1.00 e. The molecule has 0 amide bonds. The van der Waals surface area contributed by atoms with Crippen molar-refractivity contribution in [1.82, 2.24) is 0 Å². The standard InChI is InChI=1S/C2H5Ge.Cu/c1-2-3;/h2H2,1H3;/q;+1. The Kier molecular flexibility index (Phi) is 19.9. The zero-order valence-corrected chi connectivity index (χ0v) is 5.55. The Morgan fingerprint density at radius 2 is 1.75 bits per heavy atom. The van der Waals surface area contributed by atoms with Gasteiger partial charge in [0.25, 0.3) is 0 Å². The molecular weight excluding hydrogens is 160 g/mol. The summed E-state index contributed by atoms with van der Waals surface area (Å²) >= 11 is 2.12. The van der Waals surface area contributed by atoms with E-state index in [4.69, 9.17) is 0 Å². The van der Waals surface area contributed by atoms with Crippen molar-refractivity contribution in [3.63, 3.8) is 0 Å². The van der Waals surface area contributed by atoms with Gasteiger partial charge in [0.2, 0.25) is 0 Å². The quantitative estimate of drug-likeness (QED) is 0.461. The van der Waals surface area contributed by atoms with Crippen LogP contribution in [0.15, 0.2) is 0 Å². The van der Waals surface area contributed by atoms with E-state index in [-0.39, 0.29) is 17.1 Å². The van der Waals surface area contributed by atoms with Crippen LogP contribution in [0.5, 0.6) is 0 Å². The van der Waals surface area contributed by atoms with Crippen LogP contribution in [0.4, 0.5) is 0 Å². The van der Waals surface area contributed by atoms with Crippen molar-refractivity contribution in [3.8, 4) is 0 Å². The van der Waals surface area contributed by atoms with Gasteiger partial charge in [-0.25, -0.2) is 0 Å². The maximum atomic E-state index is 2.12. The van der Waals surface area contributed by atoms with Gasteiger partial charge in [-0.1, -0.05) is 0 Å². The molecule has 0 heterocycles. The molecule has 0 saturated heterocycles. The molecule has 4 heavy (non-hydrogen) atoms. The zero-order valence-electron chi connectivity index (χ0n) is 2.51. The van der Waals surface area contributed by atoms with Crippen molar-refractivity contribution in [2.45, 2.75) is 12.2 Å². The largest absolute Gasteiger partial charge is 1.00 e. The molecule has 2 heteroatoms. The van der Waals surface area contributed by atoms with Crippen LogP contribution >= 0.6 is 0 Å². The monoisotopic (exact) mass is 166 g/mol. The molecule has 0 aromatic heterocycles. The van der Waals surface area contributed by atoms with Crippen molar-refractivity contribution in [1.29, 1.82) is 0 Å². The third-order valence-corrected chi connectivity index (χ3v) is 0. The Labute approximate surface area is 46.0 Å². The van der Waals surface area contributed by atoms with Crippen LogP contribution in [-0.2, 0) is 17.1 Å². The first-order valence-corrected chi connectivity index (χ1v) is 2.54. The fraction of sp³-hybridized carbons (Fsp3) is 1.00. The van der Waals surface area contributed by atoms with Crippen molar-refractivity contribution in [3.05, 3.63) is 0 Å². The molecule has 0 saturated carbocycles. The van der Waals surface area contributed by atoms with Gasteiger partial charge < -0.3 is 0 Å². The summed E-state index contributed by atoms with van der Waals surface area (Å²) in [6.45, 7) is 2.12. The van der Waals surface area contributed by atoms with Gasteiger partial charge in [0.1, 0.15) is 0 Å². The predicted molar refractivity (Wildman–Crippen MR) is 16.2 cm³/mol. The number of rotatable bonds is 0. The molecule has 0 aliphatic heterocycles. The first-order valence-electron chi connectivity index (χ1n) is 1.06. The summed E-state index contributed by atoms with van der Waals surface area (Å²) in [4.78, 5) is 0. The fourth-order valence-electron chi connectivity index (χ4n) is 0. The Morgan fingerprint density at radius 1 is 1.75 bits per heavy atom. The molecule has 0 nitrogen and oxygen atoms in total. The summed E-state index contributed by atoms with van der Waals surface area (Å²) in [5, 5.41) is 1.25. The maximum absolute atomic E-state index is 2.12. The minimum absolute atomic E-state index is 0. The molecule has 0 N–H and O–H groups in total. The van der Waals surface area contributed by atoms with Crippen molar-refractivity contribution < 1.29 is 17.1 Å². The SMILES string of the molecule is C[CH2][Ge].[Cu+]. The molecule has 0 aromatic carbocycles. The number of hydrogen-bond donors (Lipinski definition) is 0. The summed E-state index contributed by atoms with van der Waals surface area (Å²) in [6.07, 6.45) is 0. The minimum atomic E-state index is 0. The minimum Gasteiger partial charge on any atom is 1.00 e. The van der Waals surface area contributed by atoms with Crippen LogP contribution in [0.1, 0.15) is 6.92 Å². The molecule has 0 spiro atoms. The van der Waals surface area contributed by atoms with Gasteiger partial charge in [0.15, 0.2) is 0 Å². The predicted octanol–water partition coefficient (Wildman–Crippen LogP) is 0.591. The second-order valence-electron chi connectivity index (χ2n) is 0.354. The Bertz CT molecular complexity index is 6.00. The summed E-state index contributed by atoms with van der Waals surface area (Å²) in [7, 11) is 0. The van der Waals surface area contributed by atoms with Gasteiger partial charge in [-0.2, -0.15) is 0 Å². The molecule has 0 atom stereocenters. The van der Waals surface area contributed by atoms with E-state index in [0.717, 1.165) is 0 Å². The van der Waals surface area contributed by atoms with Crippen molar-refractivity contribution >= 4 is 16.5 Å². The normalized spacial score (nSPS) is 4.50. The van der Waals surface area contributed by atoms with E-state index in [2.05, 4.69) is 23.4 Å². The maximum Gasteiger partial charge on any atom is 1.00 e. The van der Waals surface area contributed by atoms with E-state index in [9.17, 15) is 0 Å². The van der Waals surface area contributed by atoms with Crippen molar-refractivity contribution in [2.75, 3.05) is 0 Å². The van der Waals surface area contributed by atoms with Crippen LogP contribution in [0.25, 0.3) is 0 Å². The number of hydrogen-bond acceptors (Lipinski definition) is 0. The van der Waals surface area contributed by atoms with Gasteiger partial charge in [-0.15, -0.1) is 0 Å². The van der Waals surface area contributed by atoms with E-state index >= 15 is 0 Å². The van der Waals surface area contributed by atoms with E-state index in [1.165, 1.54) is 5.25 Å². The molecule has 0 aliphatic rings. The van der Waals surface area contributed by atoms with Crippen LogP contribution in [-0.4, -0.2) is 16.5 Å². The second kappa shape index (κ2) is 8.96. The summed E-state index contributed by atoms with van der Waals surface area (Å²) in [5.74, 6) is 0. The van der Waals surface area contributed by atoms with E-state index in [0.29, 0.717) is 0 Å². The second-order valence-corrected chi connectivity index (χ2v) is 1.84. The van der Waals surface area contributed by atoms with Crippen LogP contribution in [0, 0.1) is 0 Å². The topological polar surface area (TPSA) is 0 Å². The van der Waals surface area contributed by atoms with Crippen LogP contribution in [0.2, 0.25) is 5.25 Å². The van der Waals surface area contributed by atoms with E-state index < -0.39 is 0 Å². The van der Waals surface area contributed by atoms with Crippen LogP contribution < -0.4 is 0 Å². The average Bonchev–Trinajstić information content (AvgIpc) is 0.918. The van der Waals surface area contributed by atoms with Crippen molar-refractivity contribution in [2.24, 2.45) is 0 Å². The van der Waals surface area contributed by atoms with E-state index in [1.807, 2.05) is 0 Å². The summed E-state index contributed by atoms with van der Waals surface area (Å²) in [5.41, 5.74) is 0. The molecule has 0 rings (SSSR count). The summed E-state index contributed by atoms with van der Waals surface area (Å²) < 4.78 is 0. The first-order chi connectivity index (χ1) is 1.41. The average molecular weight is 165 g/mol. The molecule has 0 aliphatic carbocycles. The van der Waals surface area contributed by atoms with Gasteiger partial charge >= 0.3 is 45.8 Å². The zero-order chi connectivity index (χ0) is 2.71. The molecule has 0 unspecified atom stereocenters. The molecule has 0 fully saturated rings. The Balaban J connectivity index is 0. The third-order valence-electron chi connectivity index (χ3n) is 0. The molecule has 27 valence electrons. The van der Waals surface area contributed by atoms with Crippen LogP contribution in [0.3, 0.4) is 0 Å². The first kappa shape index (κ1) is 8.91. The fourth-order valence-corrected chi connectivity index (χ4v) is 0. The Hall–Kier alpha value is 1.06. The summed E-state index contributed by atoms with van der Waals surface area (Å²) in [6, 6.07) is 0.